The first-order chi connectivity index (χ1) is 16.9. The Morgan fingerprint density at radius 2 is 1.39 bits per heavy atom. The van der Waals surface area contributed by atoms with E-state index in [4.69, 9.17) is 4.74 Å². The summed E-state index contributed by atoms with van der Waals surface area (Å²) in [5, 5.41) is 16.3. The average Bonchev–Trinajstić information content (AvgIpc) is 2.77. The Balaban J connectivity index is 4.36. The zero-order valence-electron chi connectivity index (χ0n) is 24.6. The van der Waals surface area contributed by atoms with Crippen molar-refractivity contribution in [2.75, 3.05) is 13.2 Å². The van der Waals surface area contributed by atoms with Gasteiger partial charge >= 0.3 is 6.09 Å². The van der Waals surface area contributed by atoms with Crippen molar-refractivity contribution in [3.05, 3.63) is 12.2 Å². The number of hydrogen-bond acceptors (Lipinski definition) is 4. The maximum atomic E-state index is 12.5. The normalized spacial score (nSPS) is 14.0. The van der Waals surface area contributed by atoms with Gasteiger partial charge in [0.2, 0.25) is 5.91 Å². The second kappa shape index (κ2) is 19.5. The summed E-state index contributed by atoms with van der Waals surface area (Å²) in [6, 6.07) is -0.696. The van der Waals surface area contributed by atoms with Gasteiger partial charge < -0.3 is 20.5 Å². The molecular formula is C30H58N2O4. The van der Waals surface area contributed by atoms with Crippen molar-refractivity contribution in [3.63, 3.8) is 0 Å². The summed E-state index contributed by atoms with van der Waals surface area (Å²) < 4.78 is 5.31. The minimum Gasteiger partial charge on any atom is -0.447 e. The molecule has 0 aliphatic carbocycles. The van der Waals surface area contributed by atoms with Crippen LogP contribution in [-0.2, 0) is 9.53 Å². The molecule has 6 nitrogen and oxygen atoms in total. The molecule has 0 heterocycles. The number of nitrogens with one attached hydrogen (secondary N) is 2. The first-order valence-electron chi connectivity index (χ1n) is 14.4. The highest BCUT2D eigenvalue weighted by atomic mass is 16.5. The van der Waals surface area contributed by atoms with Gasteiger partial charge in [0.1, 0.15) is 6.61 Å². The molecule has 0 aliphatic heterocycles. The Labute approximate surface area is 222 Å². The number of rotatable bonds is 19. The van der Waals surface area contributed by atoms with Crippen LogP contribution in [0.3, 0.4) is 0 Å². The van der Waals surface area contributed by atoms with E-state index in [0.29, 0.717) is 6.54 Å². The molecule has 36 heavy (non-hydrogen) atoms. The maximum absolute atomic E-state index is 12.5. The van der Waals surface area contributed by atoms with Crippen LogP contribution in [-0.4, -0.2) is 42.4 Å². The molecule has 0 aromatic heterocycles. The van der Waals surface area contributed by atoms with E-state index in [-0.39, 0.29) is 17.9 Å². The largest absolute Gasteiger partial charge is 0.447 e. The number of unbranched alkanes of at least 4 members (excludes halogenated alkanes) is 11. The zero-order chi connectivity index (χ0) is 27.5. The van der Waals surface area contributed by atoms with Crippen LogP contribution in [0.4, 0.5) is 4.79 Å². The molecule has 2 atom stereocenters. The van der Waals surface area contributed by atoms with E-state index >= 15 is 0 Å². The number of ether oxygens (including phenoxy) is 1. The van der Waals surface area contributed by atoms with E-state index in [2.05, 4.69) is 38.3 Å². The third kappa shape index (κ3) is 20.6. The lowest BCUT2D eigenvalue weighted by atomic mass is 9.92. The molecule has 212 valence electrons. The smallest absolute Gasteiger partial charge is 0.407 e. The lowest BCUT2D eigenvalue weighted by Gasteiger charge is -2.26. The Morgan fingerprint density at radius 3 is 1.89 bits per heavy atom. The molecular weight excluding hydrogens is 452 g/mol. The lowest BCUT2D eigenvalue weighted by molar-refractivity contribution is -0.130. The summed E-state index contributed by atoms with van der Waals surface area (Å²) in [6.07, 6.45) is 18.3. The number of aliphatic hydroxyl groups is 1. The Hall–Kier alpha value is -1.56. The molecule has 3 N–H and O–H groups in total. The standard InChI is InChI=1S/C30H58N2O4/c1-8-9-10-11-12-13-14-15-16-17-18-19-20-21-26(33)25(32-27(34)30(5,6)7)24-36-28(35)31-23-22-29(2,3)4/h20-21,25-26,33H,8-19,22-24H2,1-7H3,(H,31,35)(H,32,34)/b21-20+/t25-,26+/m0/s1. The van der Waals surface area contributed by atoms with Crippen molar-refractivity contribution in [1.29, 1.82) is 0 Å². The SMILES string of the molecule is CCCCCCCCCCCCC/C=C/[C@@H](O)[C@H](COC(=O)NCCC(C)(C)C)NC(=O)C(C)(C)C. The fourth-order valence-electron chi connectivity index (χ4n) is 3.66. The van der Waals surface area contributed by atoms with Crippen LogP contribution in [0.15, 0.2) is 12.2 Å². The Bertz CT molecular complexity index is 605. The zero-order valence-corrected chi connectivity index (χ0v) is 24.6. The van der Waals surface area contributed by atoms with Gasteiger partial charge in [0.15, 0.2) is 0 Å². The molecule has 6 heteroatoms. The molecule has 0 rings (SSSR count). The summed E-state index contributed by atoms with van der Waals surface area (Å²) in [6.45, 7) is 14.4. The minimum absolute atomic E-state index is 0.0902. The molecule has 0 aromatic carbocycles. The highest BCUT2D eigenvalue weighted by Crippen LogP contribution is 2.17. The molecule has 0 saturated carbocycles. The molecule has 0 bridgehead atoms. The van der Waals surface area contributed by atoms with Gasteiger partial charge in [-0.15, -0.1) is 0 Å². The monoisotopic (exact) mass is 510 g/mol. The van der Waals surface area contributed by atoms with Crippen LogP contribution >= 0.6 is 0 Å². The van der Waals surface area contributed by atoms with E-state index in [9.17, 15) is 14.7 Å². The van der Waals surface area contributed by atoms with Gasteiger partial charge in [-0.25, -0.2) is 4.79 Å². The summed E-state index contributed by atoms with van der Waals surface area (Å²) >= 11 is 0. The summed E-state index contributed by atoms with van der Waals surface area (Å²) in [7, 11) is 0. The first-order valence-corrected chi connectivity index (χ1v) is 14.4. The van der Waals surface area contributed by atoms with Crippen LogP contribution in [0.2, 0.25) is 0 Å². The van der Waals surface area contributed by atoms with E-state index in [1.165, 1.54) is 64.2 Å². The van der Waals surface area contributed by atoms with Crippen molar-refractivity contribution in [2.24, 2.45) is 10.8 Å². The van der Waals surface area contributed by atoms with Crippen molar-refractivity contribution in [1.82, 2.24) is 10.6 Å². The molecule has 0 saturated heterocycles. The molecule has 2 amide bonds. The van der Waals surface area contributed by atoms with E-state index in [1.54, 1.807) is 6.08 Å². The third-order valence-electron chi connectivity index (χ3n) is 6.26. The van der Waals surface area contributed by atoms with E-state index in [0.717, 1.165) is 19.3 Å². The van der Waals surface area contributed by atoms with Crippen molar-refractivity contribution in [2.45, 2.75) is 144 Å². The van der Waals surface area contributed by atoms with Crippen LogP contribution < -0.4 is 10.6 Å². The maximum Gasteiger partial charge on any atom is 0.407 e. The molecule has 0 radical (unpaired) electrons. The number of carbonyl (C=O) groups is 2. The summed E-state index contributed by atoms with van der Waals surface area (Å²) in [5.41, 5.74) is -0.489. The van der Waals surface area contributed by atoms with Crippen LogP contribution in [0.1, 0.15) is 132 Å². The van der Waals surface area contributed by atoms with Crippen molar-refractivity contribution < 1.29 is 19.4 Å². The Morgan fingerprint density at radius 1 is 0.861 bits per heavy atom. The third-order valence-corrected chi connectivity index (χ3v) is 6.26. The van der Waals surface area contributed by atoms with E-state index < -0.39 is 23.7 Å². The predicted molar refractivity (Wildman–Crippen MR) is 151 cm³/mol. The number of amides is 2. The van der Waals surface area contributed by atoms with E-state index in [1.807, 2.05) is 26.8 Å². The predicted octanol–water partition coefficient (Wildman–Crippen LogP) is 7.30. The van der Waals surface area contributed by atoms with Gasteiger partial charge in [-0.2, -0.15) is 0 Å². The van der Waals surface area contributed by atoms with Gasteiger partial charge in [-0.1, -0.05) is 125 Å². The molecule has 0 unspecified atom stereocenters. The first kappa shape index (κ1) is 34.4. The fraction of sp³-hybridized carbons (Fsp3) is 0.867. The summed E-state index contributed by atoms with van der Waals surface area (Å²) in [4.78, 5) is 24.6. The Kier molecular flexibility index (Phi) is 18.7. The van der Waals surface area contributed by atoms with Gasteiger partial charge in [-0.3, -0.25) is 4.79 Å². The lowest BCUT2D eigenvalue weighted by Crippen LogP contribution is -2.50. The average molecular weight is 511 g/mol. The van der Waals surface area contributed by atoms with Gasteiger partial charge in [0.05, 0.1) is 12.1 Å². The second-order valence-corrected chi connectivity index (χ2v) is 12.4. The number of alkyl carbamates (subject to hydrolysis) is 1. The molecule has 0 spiro atoms. The molecule has 0 aromatic rings. The van der Waals surface area contributed by atoms with Gasteiger partial charge in [-0.05, 0) is 24.7 Å². The molecule has 0 fully saturated rings. The van der Waals surface area contributed by atoms with Crippen molar-refractivity contribution in [3.8, 4) is 0 Å². The number of allylic oxidation sites excluding steroid dienone is 1. The van der Waals surface area contributed by atoms with Crippen LogP contribution in [0.5, 0.6) is 0 Å². The number of hydrogen-bond donors (Lipinski definition) is 3. The topological polar surface area (TPSA) is 87.7 Å². The highest BCUT2D eigenvalue weighted by molar-refractivity contribution is 5.81. The van der Waals surface area contributed by atoms with Crippen molar-refractivity contribution >= 4 is 12.0 Å². The van der Waals surface area contributed by atoms with Crippen LogP contribution in [0.25, 0.3) is 0 Å². The van der Waals surface area contributed by atoms with Crippen LogP contribution in [0, 0.1) is 10.8 Å². The van der Waals surface area contributed by atoms with Gasteiger partial charge in [0, 0.05) is 12.0 Å². The number of aliphatic hydroxyl groups excluding tert-OH is 1. The number of carbonyl (C=O) groups excluding carboxylic acids is 2. The summed E-state index contributed by atoms with van der Waals surface area (Å²) in [5.74, 6) is -0.193. The second-order valence-electron chi connectivity index (χ2n) is 12.4. The highest BCUT2D eigenvalue weighted by Gasteiger charge is 2.27. The molecule has 0 aliphatic rings. The fourth-order valence-corrected chi connectivity index (χ4v) is 3.66. The van der Waals surface area contributed by atoms with Gasteiger partial charge in [0.25, 0.3) is 0 Å². The quantitative estimate of drug-likeness (QED) is 0.126. The minimum atomic E-state index is -0.925.